The molecule has 1 N–H and O–H groups in total. The Morgan fingerprint density at radius 3 is 2.70 bits per heavy atom. The van der Waals surface area contributed by atoms with Crippen LogP contribution in [0.5, 0.6) is 0 Å². The van der Waals surface area contributed by atoms with Gasteiger partial charge in [-0.2, -0.15) is 0 Å². The third-order valence-corrected chi connectivity index (χ3v) is 3.62. The van der Waals surface area contributed by atoms with E-state index in [0.717, 1.165) is 5.56 Å². The van der Waals surface area contributed by atoms with Crippen molar-refractivity contribution in [3.05, 3.63) is 29.6 Å². The fourth-order valence-electron chi connectivity index (χ4n) is 1.55. The predicted octanol–water partition coefficient (Wildman–Crippen LogP) is 3.37. The van der Waals surface area contributed by atoms with E-state index in [0.29, 0.717) is 18.0 Å². The van der Waals surface area contributed by atoms with Crippen LogP contribution in [0, 0.1) is 5.82 Å². The lowest BCUT2D eigenvalue weighted by Gasteiger charge is -2.21. The van der Waals surface area contributed by atoms with Crippen molar-refractivity contribution in [2.24, 2.45) is 0 Å². The molecule has 3 nitrogen and oxygen atoms in total. The second-order valence-electron chi connectivity index (χ2n) is 5.43. The van der Waals surface area contributed by atoms with Crippen molar-refractivity contribution in [1.29, 1.82) is 0 Å². The number of carbonyl (C=O) groups is 1. The van der Waals surface area contributed by atoms with Crippen molar-refractivity contribution in [1.82, 2.24) is 5.32 Å². The van der Waals surface area contributed by atoms with Gasteiger partial charge >= 0.3 is 5.97 Å². The highest BCUT2D eigenvalue weighted by Gasteiger charge is 2.14. The Morgan fingerprint density at radius 2 is 2.10 bits per heavy atom. The summed E-state index contributed by atoms with van der Waals surface area (Å²) in [5, 5.41) is 3.32. The lowest BCUT2D eigenvalue weighted by Crippen LogP contribution is -2.35. The van der Waals surface area contributed by atoms with Crippen LogP contribution in [-0.4, -0.2) is 23.9 Å². The Labute approximate surface area is 124 Å². The van der Waals surface area contributed by atoms with E-state index in [9.17, 15) is 9.18 Å². The molecule has 0 aliphatic carbocycles. The molecule has 0 unspecified atom stereocenters. The van der Waals surface area contributed by atoms with Crippen molar-refractivity contribution >= 4 is 17.7 Å². The topological polar surface area (TPSA) is 38.3 Å². The molecule has 0 heterocycles. The van der Waals surface area contributed by atoms with E-state index in [4.69, 9.17) is 4.74 Å². The van der Waals surface area contributed by atoms with Crippen molar-refractivity contribution in [2.45, 2.75) is 44.7 Å². The van der Waals surface area contributed by atoms with Gasteiger partial charge in [-0.3, -0.25) is 4.79 Å². The monoisotopic (exact) mass is 299 g/mol. The molecule has 112 valence electrons. The Morgan fingerprint density at radius 1 is 1.40 bits per heavy atom. The highest BCUT2D eigenvalue weighted by Crippen LogP contribution is 2.26. The molecule has 1 aromatic carbocycles. The maximum Gasteiger partial charge on any atom is 0.316 e. The molecule has 0 aliphatic heterocycles. The van der Waals surface area contributed by atoms with E-state index in [1.54, 1.807) is 13.0 Å². The first-order valence-electron chi connectivity index (χ1n) is 6.64. The van der Waals surface area contributed by atoms with Gasteiger partial charge in [0.25, 0.3) is 0 Å². The number of hydrogen-bond acceptors (Lipinski definition) is 4. The average Bonchev–Trinajstić information content (AvgIpc) is 2.34. The SMILES string of the molecule is CCOC(=O)CSc1c(F)cccc1CNC(C)(C)C. The van der Waals surface area contributed by atoms with E-state index < -0.39 is 0 Å². The van der Waals surface area contributed by atoms with Gasteiger partial charge in [0.05, 0.1) is 12.4 Å². The molecule has 0 atom stereocenters. The smallest absolute Gasteiger partial charge is 0.316 e. The van der Waals surface area contributed by atoms with Crippen LogP contribution in [0.3, 0.4) is 0 Å². The largest absolute Gasteiger partial charge is 0.465 e. The van der Waals surface area contributed by atoms with E-state index in [1.807, 2.05) is 6.07 Å². The fourth-order valence-corrected chi connectivity index (χ4v) is 2.43. The van der Waals surface area contributed by atoms with Crippen molar-refractivity contribution in [3.8, 4) is 0 Å². The summed E-state index contributed by atoms with van der Waals surface area (Å²) >= 11 is 1.18. The number of halogens is 1. The van der Waals surface area contributed by atoms with Crippen LogP contribution < -0.4 is 5.32 Å². The van der Waals surface area contributed by atoms with Crippen LogP contribution >= 0.6 is 11.8 Å². The fraction of sp³-hybridized carbons (Fsp3) is 0.533. The Kier molecular flexibility index (Phi) is 6.49. The first kappa shape index (κ1) is 17.0. The van der Waals surface area contributed by atoms with Gasteiger partial charge in [-0.25, -0.2) is 4.39 Å². The second kappa shape index (κ2) is 7.64. The molecule has 0 saturated heterocycles. The highest BCUT2D eigenvalue weighted by molar-refractivity contribution is 8.00. The van der Waals surface area contributed by atoms with Gasteiger partial charge in [0, 0.05) is 17.0 Å². The Balaban J connectivity index is 2.75. The summed E-state index contributed by atoms with van der Waals surface area (Å²) < 4.78 is 18.8. The maximum absolute atomic E-state index is 13.9. The minimum absolute atomic E-state index is 0.0462. The summed E-state index contributed by atoms with van der Waals surface area (Å²) in [4.78, 5) is 11.9. The Hall–Kier alpha value is -1.07. The van der Waals surface area contributed by atoms with Gasteiger partial charge in [-0.1, -0.05) is 12.1 Å². The first-order chi connectivity index (χ1) is 9.33. The lowest BCUT2D eigenvalue weighted by atomic mass is 10.1. The van der Waals surface area contributed by atoms with E-state index in [2.05, 4.69) is 26.1 Å². The quantitative estimate of drug-likeness (QED) is 0.645. The van der Waals surface area contributed by atoms with Gasteiger partial charge in [0.1, 0.15) is 5.82 Å². The van der Waals surface area contributed by atoms with E-state index in [1.165, 1.54) is 17.8 Å². The summed E-state index contributed by atoms with van der Waals surface area (Å²) in [5.41, 5.74) is 0.810. The number of ether oxygens (including phenoxy) is 1. The molecule has 0 amide bonds. The molecule has 0 spiro atoms. The molecule has 0 radical (unpaired) electrons. The number of carbonyl (C=O) groups excluding carboxylic acids is 1. The molecule has 0 aliphatic rings. The highest BCUT2D eigenvalue weighted by atomic mass is 32.2. The average molecular weight is 299 g/mol. The minimum Gasteiger partial charge on any atom is -0.465 e. The molecule has 0 fully saturated rings. The van der Waals surface area contributed by atoms with Gasteiger partial charge in [0.2, 0.25) is 0 Å². The zero-order valence-corrected chi connectivity index (χ0v) is 13.3. The predicted molar refractivity (Wildman–Crippen MR) is 80.3 cm³/mol. The summed E-state index contributed by atoms with van der Waals surface area (Å²) in [6.45, 7) is 8.82. The molecule has 0 saturated carbocycles. The van der Waals surface area contributed by atoms with Crippen molar-refractivity contribution < 1.29 is 13.9 Å². The number of thioether (sulfide) groups is 1. The second-order valence-corrected chi connectivity index (χ2v) is 6.41. The van der Waals surface area contributed by atoms with Crippen molar-refractivity contribution in [3.63, 3.8) is 0 Å². The third kappa shape index (κ3) is 5.92. The Bertz CT molecular complexity index is 458. The molecule has 1 rings (SSSR count). The summed E-state index contributed by atoms with van der Waals surface area (Å²) in [5.74, 6) is -0.500. The summed E-state index contributed by atoms with van der Waals surface area (Å²) in [6, 6.07) is 4.97. The molecule has 20 heavy (non-hydrogen) atoms. The number of benzene rings is 1. The van der Waals surface area contributed by atoms with Crippen LogP contribution in [0.15, 0.2) is 23.1 Å². The van der Waals surface area contributed by atoms with Crippen LogP contribution in [-0.2, 0) is 16.1 Å². The van der Waals surface area contributed by atoms with Gasteiger partial charge in [-0.05, 0) is 39.3 Å². The molecule has 1 aromatic rings. The molecule has 0 bridgehead atoms. The number of hydrogen-bond donors (Lipinski definition) is 1. The molecule has 0 aromatic heterocycles. The van der Waals surface area contributed by atoms with Gasteiger partial charge in [0.15, 0.2) is 0 Å². The normalized spacial score (nSPS) is 11.4. The molecule has 5 heteroatoms. The van der Waals surface area contributed by atoms with Crippen LogP contribution in [0.2, 0.25) is 0 Å². The zero-order valence-electron chi connectivity index (χ0n) is 12.5. The standard InChI is InChI=1S/C15H22FNO2S/c1-5-19-13(18)10-20-14-11(7-6-8-12(14)16)9-17-15(2,3)4/h6-8,17H,5,9-10H2,1-4H3. The maximum atomic E-state index is 13.9. The molecular formula is C15H22FNO2S. The number of rotatable bonds is 6. The van der Waals surface area contributed by atoms with Gasteiger partial charge < -0.3 is 10.1 Å². The van der Waals surface area contributed by atoms with Crippen LogP contribution in [0.25, 0.3) is 0 Å². The van der Waals surface area contributed by atoms with E-state index >= 15 is 0 Å². The lowest BCUT2D eigenvalue weighted by molar-refractivity contribution is -0.139. The number of nitrogens with one attached hydrogen (secondary N) is 1. The minimum atomic E-state index is -0.324. The van der Waals surface area contributed by atoms with Gasteiger partial charge in [-0.15, -0.1) is 11.8 Å². The number of esters is 1. The van der Waals surface area contributed by atoms with Crippen molar-refractivity contribution in [2.75, 3.05) is 12.4 Å². The third-order valence-electron chi connectivity index (χ3n) is 2.50. The zero-order chi connectivity index (χ0) is 15.2. The summed E-state index contributed by atoms with van der Waals surface area (Å²) in [7, 11) is 0. The first-order valence-corrected chi connectivity index (χ1v) is 7.63. The molecular weight excluding hydrogens is 277 g/mol. The van der Waals surface area contributed by atoms with E-state index in [-0.39, 0.29) is 23.1 Å². The van der Waals surface area contributed by atoms with Crippen LogP contribution in [0.1, 0.15) is 33.3 Å². The summed E-state index contributed by atoms with van der Waals surface area (Å²) in [6.07, 6.45) is 0. The van der Waals surface area contributed by atoms with Crippen LogP contribution in [0.4, 0.5) is 4.39 Å².